The highest BCUT2D eigenvalue weighted by molar-refractivity contribution is 5.24. The standard InChI is InChI=1S/C15H20F3NO/c16-15(17,18)13-7-5-12(6-8-13)3-1-9-19-10-2-4-14(20)11-19/h5-8,14,20H,1-4,9-11H2. The number of rotatable bonds is 4. The van der Waals surface area contributed by atoms with Crippen molar-refractivity contribution in [2.24, 2.45) is 0 Å². The van der Waals surface area contributed by atoms with Gasteiger partial charge in [-0.1, -0.05) is 12.1 Å². The van der Waals surface area contributed by atoms with Crippen molar-refractivity contribution < 1.29 is 18.3 Å². The van der Waals surface area contributed by atoms with Crippen molar-refractivity contribution in [2.75, 3.05) is 19.6 Å². The Morgan fingerprint density at radius 1 is 1.20 bits per heavy atom. The number of aliphatic hydroxyl groups excluding tert-OH is 1. The van der Waals surface area contributed by atoms with Crippen LogP contribution in [0, 0.1) is 0 Å². The minimum absolute atomic E-state index is 0.227. The molecule has 1 N–H and O–H groups in total. The van der Waals surface area contributed by atoms with E-state index in [9.17, 15) is 18.3 Å². The number of aliphatic hydroxyl groups is 1. The number of benzene rings is 1. The van der Waals surface area contributed by atoms with Gasteiger partial charge in [0.25, 0.3) is 0 Å². The average Bonchev–Trinajstić information content (AvgIpc) is 2.38. The first-order valence-electron chi connectivity index (χ1n) is 7.02. The highest BCUT2D eigenvalue weighted by atomic mass is 19.4. The van der Waals surface area contributed by atoms with Gasteiger partial charge in [-0.15, -0.1) is 0 Å². The van der Waals surface area contributed by atoms with Crippen molar-refractivity contribution in [3.05, 3.63) is 35.4 Å². The molecule has 1 fully saturated rings. The van der Waals surface area contributed by atoms with Gasteiger partial charge in [-0.2, -0.15) is 13.2 Å². The third-order valence-corrected chi connectivity index (χ3v) is 3.70. The molecule has 5 heteroatoms. The molecule has 20 heavy (non-hydrogen) atoms. The predicted octanol–water partition coefficient (Wildman–Crippen LogP) is 3.09. The van der Waals surface area contributed by atoms with Gasteiger partial charge in [0.15, 0.2) is 0 Å². The maximum absolute atomic E-state index is 12.4. The molecular formula is C15H20F3NO. The summed E-state index contributed by atoms with van der Waals surface area (Å²) in [6, 6.07) is 5.38. The third-order valence-electron chi connectivity index (χ3n) is 3.70. The Morgan fingerprint density at radius 2 is 1.90 bits per heavy atom. The highest BCUT2D eigenvalue weighted by Gasteiger charge is 2.29. The Labute approximate surface area is 117 Å². The third kappa shape index (κ3) is 4.49. The monoisotopic (exact) mass is 287 g/mol. The van der Waals surface area contributed by atoms with Crippen LogP contribution in [0.5, 0.6) is 0 Å². The lowest BCUT2D eigenvalue weighted by molar-refractivity contribution is -0.137. The first-order valence-corrected chi connectivity index (χ1v) is 7.02. The number of alkyl halides is 3. The SMILES string of the molecule is OC1CCCN(CCCc2ccc(C(F)(F)F)cc2)C1. The predicted molar refractivity (Wildman–Crippen MR) is 71.4 cm³/mol. The molecule has 1 heterocycles. The number of piperidine rings is 1. The lowest BCUT2D eigenvalue weighted by atomic mass is 10.1. The average molecular weight is 287 g/mol. The quantitative estimate of drug-likeness (QED) is 0.920. The molecule has 2 nitrogen and oxygen atoms in total. The van der Waals surface area contributed by atoms with Gasteiger partial charge in [0.05, 0.1) is 11.7 Å². The normalized spacial score (nSPS) is 21.1. The summed E-state index contributed by atoms with van der Waals surface area (Å²) in [5.74, 6) is 0. The second kappa shape index (κ2) is 6.59. The fraction of sp³-hybridized carbons (Fsp3) is 0.600. The first kappa shape index (κ1) is 15.3. The van der Waals surface area contributed by atoms with Gasteiger partial charge in [-0.25, -0.2) is 0 Å². The second-order valence-electron chi connectivity index (χ2n) is 5.39. The first-order chi connectivity index (χ1) is 9.45. The molecule has 112 valence electrons. The van der Waals surface area contributed by atoms with E-state index in [-0.39, 0.29) is 6.10 Å². The molecule has 0 bridgehead atoms. The van der Waals surface area contributed by atoms with Crippen LogP contribution in [0.4, 0.5) is 13.2 Å². The summed E-state index contributed by atoms with van der Waals surface area (Å²) in [5.41, 5.74) is 0.330. The van der Waals surface area contributed by atoms with Gasteiger partial charge < -0.3 is 10.0 Å². The van der Waals surface area contributed by atoms with E-state index in [1.165, 1.54) is 0 Å². The van der Waals surface area contributed by atoms with Gasteiger partial charge in [0.2, 0.25) is 0 Å². The Hall–Kier alpha value is -1.07. The molecule has 1 atom stereocenters. The van der Waals surface area contributed by atoms with E-state index in [2.05, 4.69) is 4.90 Å². The Balaban J connectivity index is 1.77. The van der Waals surface area contributed by atoms with Crippen LogP contribution in [0.25, 0.3) is 0 Å². The molecule has 0 amide bonds. The summed E-state index contributed by atoms with van der Waals surface area (Å²) >= 11 is 0. The summed E-state index contributed by atoms with van der Waals surface area (Å²) in [6.45, 7) is 2.61. The van der Waals surface area contributed by atoms with Gasteiger partial charge in [-0.3, -0.25) is 0 Å². The van der Waals surface area contributed by atoms with E-state index in [1.54, 1.807) is 12.1 Å². The lowest BCUT2D eigenvalue weighted by Gasteiger charge is -2.29. The number of β-amino-alcohol motifs (C(OH)–C–C–N with tert-alkyl or cyclic N) is 1. The minimum Gasteiger partial charge on any atom is -0.392 e. The van der Waals surface area contributed by atoms with E-state index in [0.29, 0.717) is 6.54 Å². The van der Waals surface area contributed by atoms with E-state index in [4.69, 9.17) is 0 Å². The fourth-order valence-corrected chi connectivity index (χ4v) is 2.60. The van der Waals surface area contributed by atoms with Crippen molar-refractivity contribution in [3.8, 4) is 0 Å². The molecule has 1 saturated heterocycles. The number of halogens is 3. The van der Waals surface area contributed by atoms with Crippen molar-refractivity contribution in [1.29, 1.82) is 0 Å². The topological polar surface area (TPSA) is 23.5 Å². The van der Waals surface area contributed by atoms with Crippen LogP contribution in [0.2, 0.25) is 0 Å². The number of nitrogens with zero attached hydrogens (tertiary/aromatic N) is 1. The molecule has 2 rings (SSSR count). The zero-order valence-electron chi connectivity index (χ0n) is 11.4. The molecule has 0 aliphatic carbocycles. The number of hydrogen-bond acceptors (Lipinski definition) is 2. The van der Waals surface area contributed by atoms with Crippen LogP contribution in [0.3, 0.4) is 0 Å². The molecule has 0 saturated carbocycles. The molecule has 1 aromatic carbocycles. The molecule has 0 spiro atoms. The van der Waals surface area contributed by atoms with Crippen molar-refractivity contribution in [1.82, 2.24) is 4.90 Å². The van der Waals surface area contributed by atoms with Crippen LogP contribution in [0.15, 0.2) is 24.3 Å². The van der Waals surface area contributed by atoms with Crippen molar-refractivity contribution in [2.45, 2.75) is 38.0 Å². The molecule has 1 unspecified atom stereocenters. The van der Waals surface area contributed by atoms with Crippen LogP contribution in [-0.4, -0.2) is 35.7 Å². The summed E-state index contributed by atoms with van der Waals surface area (Å²) in [5, 5.41) is 9.55. The van der Waals surface area contributed by atoms with Gasteiger partial charge >= 0.3 is 6.18 Å². The lowest BCUT2D eigenvalue weighted by Crippen LogP contribution is -2.38. The number of hydrogen-bond donors (Lipinski definition) is 1. The van der Waals surface area contributed by atoms with Crippen LogP contribution in [-0.2, 0) is 12.6 Å². The highest BCUT2D eigenvalue weighted by Crippen LogP contribution is 2.29. The summed E-state index contributed by atoms with van der Waals surface area (Å²) < 4.78 is 37.3. The summed E-state index contributed by atoms with van der Waals surface area (Å²) in [4.78, 5) is 2.22. The Bertz CT molecular complexity index is 416. The van der Waals surface area contributed by atoms with E-state index in [0.717, 1.165) is 56.5 Å². The summed E-state index contributed by atoms with van der Waals surface area (Å²) in [6.07, 6.45) is -0.933. The number of likely N-dealkylation sites (tertiary alicyclic amines) is 1. The second-order valence-corrected chi connectivity index (χ2v) is 5.39. The summed E-state index contributed by atoms with van der Waals surface area (Å²) in [7, 11) is 0. The molecule has 1 aliphatic rings. The van der Waals surface area contributed by atoms with Crippen molar-refractivity contribution in [3.63, 3.8) is 0 Å². The van der Waals surface area contributed by atoms with Crippen LogP contribution >= 0.6 is 0 Å². The minimum atomic E-state index is -4.26. The maximum atomic E-state index is 12.4. The zero-order valence-corrected chi connectivity index (χ0v) is 11.4. The molecular weight excluding hydrogens is 267 g/mol. The van der Waals surface area contributed by atoms with Gasteiger partial charge in [0, 0.05) is 6.54 Å². The van der Waals surface area contributed by atoms with E-state index < -0.39 is 11.7 Å². The van der Waals surface area contributed by atoms with E-state index >= 15 is 0 Å². The molecule has 0 radical (unpaired) electrons. The molecule has 0 aromatic heterocycles. The smallest absolute Gasteiger partial charge is 0.392 e. The Morgan fingerprint density at radius 3 is 2.50 bits per heavy atom. The van der Waals surface area contributed by atoms with Crippen LogP contribution in [0.1, 0.15) is 30.4 Å². The van der Waals surface area contributed by atoms with Gasteiger partial charge in [-0.05, 0) is 56.5 Å². The molecule has 1 aliphatic heterocycles. The van der Waals surface area contributed by atoms with Crippen LogP contribution < -0.4 is 0 Å². The fourth-order valence-electron chi connectivity index (χ4n) is 2.60. The maximum Gasteiger partial charge on any atom is 0.416 e. The molecule has 1 aromatic rings. The largest absolute Gasteiger partial charge is 0.416 e. The van der Waals surface area contributed by atoms with Gasteiger partial charge in [0.1, 0.15) is 0 Å². The Kier molecular flexibility index (Phi) is 5.05. The number of aryl methyl sites for hydroxylation is 1. The van der Waals surface area contributed by atoms with Crippen molar-refractivity contribution >= 4 is 0 Å². The zero-order chi connectivity index (χ0) is 14.6. The van der Waals surface area contributed by atoms with E-state index in [1.807, 2.05) is 0 Å².